The summed E-state index contributed by atoms with van der Waals surface area (Å²) < 4.78 is 12.7. The first-order valence-electron chi connectivity index (χ1n) is 5.64. The van der Waals surface area contributed by atoms with E-state index in [1.165, 1.54) is 12.1 Å². The summed E-state index contributed by atoms with van der Waals surface area (Å²) in [6.07, 6.45) is 0. The predicted molar refractivity (Wildman–Crippen MR) is 73.4 cm³/mol. The minimum absolute atomic E-state index is 0.256. The van der Waals surface area contributed by atoms with Gasteiger partial charge in [-0.25, -0.2) is 4.39 Å². The van der Waals surface area contributed by atoms with E-state index in [0.29, 0.717) is 10.7 Å². The van der Waals surface area contributed by atoms with Gasteiger partial charge in [-0.2, -0.15) is 0 Å². The Morgan fingerprint density at radius 3 is 2.53 bits per heavy atom. The first-order chi connectivity index (χ1) is 9.08. The standard InChI is InChI=1S/C14H12ClFN2O/c15-11-2-1-3-12(17)13(11)14(19)18-8-9-4-6-10(16)7-5-9/h1-7H,8,17H2,(H,18,19). The SMILES string of the molecule is Nc1cccc(Cl)c1C(=O)NCc1ccc(F)cc1. The zero-order chi connectivity index (χ0) is 13.8. The van der Waals surface area contributed by atoms with Gasteiger partial charge in [-0.05, 0) is 29.8 Å². The quantitative estimate of drug-likeness (QED) is 0.848. The molecule has 0 aromatic heterocycles. The van der Waals surface area contributed by atoms with Gasteiger partial charge in [-0.3, -0.25) is 4.79 Å². The van der Waals surface area contributed by atoms with E-state index in [9.17, 15) is 9.18 Å². The Labute approximate surface area is 115 Å². The third kappa shape index (κ3) is 3.23. The Hall–Kier alpha value is -2.07. The van der Waals surface area contributed by atoms with Crippen LogP contribution in [-0.2, 0) is 6.54 Å². The molecule has 1 amide bonds. The first kappa shape index (κ1) is 13.4. The van der Waals surface area contributed by atoms with Gasteiger partial charge in [0.25, 0.3) is 5.91 Å². The van der Waals surface area contributed by atoms with Gasteiger partial charge < -0.3 is 11.1 Å². The summed E-state index contributed by atoms with van der Waals surface area (Å²) >= 11 is 5.94. The molecule has 0 aliphatic heterocycles. The number of anilines is 1. The molecule has 5 heteroatoms. The highest BCUT2D eigenvalue weighted by Crippen LogP contribution is 2.21. The largest absolute Gasteiger partial charge is 0.398 e. The van der Waals surface area contributed by atoms with E-state index in [2.05, 4.69) is 5.32 Å². The molecule has 3 N–H and O–H groups in total. The summed E-state index contributed by atoms with van der Waals surface area (Å²) in [4.78, 5) is 12.0. The molecule has 0 heterocycles. The molecule has 2 aromatic carbocycles. The van der Waals surface area contributed by atoms with Crippen LogP contribution in [0.2, 0.25) is 5.02 Å². The van der Waals surface area contributed by atoms with E-state index in [4.69, 9.17) is 17.3 Å². The number of hydrogen-bond donors (Lipinski definition) is 2. The second kappa shape index (κ2) is 5.71. The van der Waals surface area contributed by atoms with Gasteiger partial charge in [0.05, 0.1) is 10.6 Å². The van der Waals surface area contributed by atoms with Gasteiger partial charge in [-0.1, -0.05) is 29.8 Å². The van der Waals surface area contributed by atoms with Crippen LogP contribution in [-0.4, -0.2) is 5.91 Å². The number of carbonyl (C=O) groups excluding carboxylic acids is 1. The fourth-order valence-electron chi connectivity index (χ4n) is 1.65. The molecule has 0 fully saturated rings. The molecule has 98 valence electrons. The highest BCUT2D eigenvalue weighted by atomic mass is 35.5. The predicted octanol–water partition coefficient (Wildman–Crippen LogP) is 2.99. The van der Waals surface area contributed by atoms with Crippen LogP contribution < -0.4 is 11.1 Å². The van der Waals surface area contributed by atoms with Crippen LogP contribution >= 0.6 is 11.6 Å². The lowest BCUT2D eigenvalue weighted by Gasteiger charge is -2.09. The van der Waals surface area contributed by atoms with Gasteiger partial charge in [0.15, 0.2) is 0 Å². The third-order valence-electron chi connectivity index (χ3n) is 2.64. The normalized spacial score (nSPS) is 10.2. The van der Waals surface area contributed by atoms with Gasteiger partial charge >= 0.3 is 0 Å². The van der Waals surface area contributed by atoms with E-state index >= 15 is 0 Å². The number of amides is 1. The minimum atomic E-state index is -0.354. The Morgan fingerprint density at radius 2 is 1.89 bits per heavy atom. The molecule has 0 saturated carbocycles. The molecule has 0 aliphatic carbocycles. The monoisotopic (exact) mass is 278 g/mol. The van der Waals surface area contributed by atoms with Crippen LogP contribution in [0.25, 0.3) is 0 Å². The van der Waals surface area contributed by atoms with Crippen molar-refractivity contribution in [3.05, 3.63) is 64.4 Å². The average molecular weight is 279 g/mol. The Kier molecular flexibility index (Phi) is 4.02. The molecule has 0 aliphatic rings. The molecule has 0 atom stereocenters. The fraction of sp³-hybridized carbons (Fsp3) is 0.0714. The van der Waals surface area contributed by atoms with Crippen molar-refractivity contribution in [3.63, 3.8) is 0 Å². The zero-order valence-electron chi connectivity index (χ0n) is 9.99. The number of nitrogens with two attached hydrogens (primary N) is 1. The highest BCUT2D eigenvalue weighted by Gasteiger charge is 2.13. The van der Waals surface area contributed by atoms with Gasteiger partial charge in [0.1, 0.15) is 5.82 Å². The molecule has 0 spiro atoms. The van der Waals surface area contributed by atoms with Crippen molar-refractivity contribution in [1.82, 2.24) is 5.32 Å². The lowest BCUT2D eigenvalue weighted by molar-refractivity contribution is 0.0952. The molecule has 0 radical (unpaired) electrons. The van der Waals surface area contributed by atoms with Crippen LogP contribution in [0.3, 0.4) is 0 Å². The summed E-state index contributed by atoms with van der Waals surface area (Å²) in [5.41, 5.74) is 7.09. The van der Waals surface area contributed by atoms with Gasteiger partial charge in [0, 0.05) is 12.2 Å². The molecule has 2 rings (SSSR count). The smallest absolute Gasteiger partial charge is 0.255 e. The van der Waals surface area contributed by atoms with Crippen molar-refractivity contribution in [2.45, 2.75) is 6.54 Å². The summed E-state index contributed by atoms with van der Waals surface area (Å²) in [7, 11) is 0. The molecule has 2 aromatic rings. The Balaban J connectivity index is 2.07. The maximum Gasteiger partial charge on any atom is 0.255 e. The van der Waals surface area contributed by atoms with Crippen LogP contribution in [0.4, 0.5) is 10.1 Å². The first-order valence-corrected chi connectivity index (χ1v) is 6.02. The maximum absolute atomic E-state index is 12.7. The molecule has 19 heavy (non-hydrogen) atoms. The molecule has 0 bridgehead atoms. The number of hydrogen-bond acceptors (Lipinski definition) is 2. The molecular formula is C14H12ClFN2O. The number of nitrogens with one attached hydrogen (secondary N) is 1. The number of rotatable bonds is 3. The van der Waals surface area contributed by atoms with Crippen molar-refractivity contribution in [3.8, 4) is 0 Å². The number of carbonyl (C=O) groups is 1. The van der Waals surface area contributed by atoms with Crippen LogP contribution in [0.1, 0.15) is 15.9 Å². The number of halogens is 2. The van der Waals surface area contributed by atoms with Crippen LogP contribution in [0, 0.1) is 5.82 Å². The number of benzene rings is 2. The summed E-state index contributed by atoms with van der Waals surface area (Å²) in [5.74, 6) is -0.669. The number of nitrogen functional groups attached to an aromatic ring is 1. The molecule has 3 nitrogen and oxygen atoms in total. The van der Waals surface area contributed by atoms with Crippen molar-refractivity contribution in [2.24, 2.45) is 0 Å². The van der Waals surface area contributed by atoms with Crippen molar-refractivity contribution in [2.75, 3.05) is 5.73 Å². The third-order valence-corrected chi connectivity index (χ3v) is 2.95. The van der Waals surface area contributed by atoms with Gasteiger partial charge in [-0.15, -0.1) is 0 Å². The van der Waals surface area contributed by atoms with Crippen molar-refractivity contribution < 1.29 is 9.18 Å². The van der Waals surface area contributed by atoms with E-state index < -0.39 is 0 Å². The summed E-state index contributed by atoms with van der Waals surface area (Å²) in [6.45, 7) is 0.282. The minimum Gasteiger partial charge on any atom is -0.398 e. The van der Waals surface area contributed by atoms with E-state index in [1.54, 1.807) is 30.3 Å². The van der Waals surface area contributed by atoms with E-state index in [0.717, 1.165) is 5.56 Å². The van der Waals surface area contributed by atoms with Crippen LogP contribution in [0.5, 0.6) is 0 Å². The Bertz CT molecular complexity index is 579. The van der Waals surface area contributed by atoms with Crippen molar-refractivity contribution in [1.29, 1.82) is 0 Å². The summed E-state index contributed by atoms with van der Waals surface area (Å²) in [5, 5.41) is 2.99. The van der Waals surface area contributed by atoms with Gasteiger partial charge in [0.2, 0.25) is 0 Å². The topological polar surface area (TPSA) is 55.1 Å². The Morgan fingerprint density at radius 1 is 1.21 bits per heavy atom. The van der Waals surface area contributed by atoms with E-state index in [1.807, 2.05) is 0 Å². The second-order valence-corrected chi connectivity index (χ2v) is 4.42. The molecular weight excluding hydrogens is 267 g/mol. The fourth-order valence-corrected chi connectivity index (χ4v) is 1.92. The summed E-state index contributed by atoms with van der Waals surface area (Å²) in [6, 6.07) is 10.8. The maximum atomic E-state index is 12.7. The van der Waals surface area contributed by atoms with Crippen LogP contribution in [0.15, 0.2) is 42.5 Å². The van der Waals surface area contributed by atoms with E-state index in [-0.39, 0.29) is 23.8 Å². The molecule has 0 saturated heterocycles. The van der Waals surface area contributed by atoms with Crippen molar-refractivity contribution >= 4 is 23.2 Å². The average Bonchev–Trinajstić information content (AvgIpc) is 2.38. The second-order valence-electron chi connectivity index (χ2n) is 4.01. The lowest BCUT2D eigenvalue weighted by Crippen LogP contribution is -2.24. The zero-order valence-corrected chi connectivity index (χ0v) is 10.7. The highest BCUT2D eigenvalue weighted by molar-refractivity contribution is 6.34. The lowest BCUT2D eigenvalue weighted by atomic mass is 10.1. The molecule has 0 unspecified atom stereocenters.